The second-order valence-electron chi connectivity index (χ2n) is 6.11. The van der Waals surface area contributed by atoms with Gasteiger partial charge in [0.1, 0.15) is 0 Å². The van der Waals surface area contributed by atoms with Crippen LogP contribution in [0.4, 0.5) is 5.69 Å². The van der Waals surface area contributed by atoms with Gasteiger partial charge in [-0.05, 0) is 57.4 Å². The molecule has 0 fully saturated rings. The summed E-state index contributed by atoms with van der Waals surface area (Å²) in [6, 6.07) is 1.79. The number of benzene rings is 1. The van der Waals surface area contributed by atoms with Gasteiger partial charge in [-0.15, -0.1) is 0 Å². The van der Waals surface area contributed by atoms with E-state index < -0.39 is 15.6 Å². The van der Waals surface area contributed by atoms with Gasteiger partial charge in [0.15, 0.2) is 0 Å². The Morgan fingerprint density at radius 3 is 2.19 bits per heavy atom. The summed E-state index contributed by atoms with van der Waals surface area (Å²) in [6.45, 7) is 10.6. The van der Waals surface area contributed by atoms with Crippen LogP contribution < -0.4 is 5.73 Å². The molecule has 1 aromatic carbocycles. The summed E-state index contributed by atoms with van der Waals surface area (Å²) < 4.78 is 27.2. The van der Waals surface area contributed by atoms with Gasteiger partial charge in [-0.3, -0.25) is 0 Å². The molecule has 0 radical (unpaired) electrons. The minimum Gasteiger partial charge on any atom is -0.398 e. The van der Waals surface area contributed by atoms with Gasteiger partial charge in [0.2, 0.25) is 10.0 Å². The summed E-state index contributed by atoms with van der Waals surface area (Å²) in [5, 5.41) is 9.95. The van der Waals surface area contributed by atoms with Gasteiger partial charge in [-0.25, -0.2) is 8.42 Å². The van der Waals surface area contributed by atoms with E-state index in [-0.39, 0.29) is 11.4 Å². The van der Waals surface area contributed by atoms with Crippen molar-refractivity contribution in [1.29, 1.82) is 0 Å². The van der Waals surface area contributed by atoms with Gasteiger partial charge in [0.25, 0.3) is 0 Å². The van der Waals surface area contributed by atoms with Crippen LogP contribution in [0.15, 0.2) is 11.0 Å². The molecule has 0 saturated carbocycles. The molecule has 0 heterocycles. The molecule has 1 rings (SSSR count). The zero-order valence-corrected chi connectivity index (χ0v) is 14.5. The zero-order chi connectivity index (χ0) is 16.6. The normalized spacial score (nSPS) is 13.0. The molecule has 0 aliphatic heterocycles. The highest BCUT2D eigenvalue weighted by molar-refractivity contribution is 7.89. The third kappa shape index (κ3) is 3.75. The minimum atomic E-state index is -3.70. The first-order valence-electron chi connectivity index (χ1n) is 7.00. The van der Waals surface area contributed by atoms with Crippen LogP contribution in [-0.4, -0.2) is 36.5 Å². The van der Waals surface area contributed by atoms with Crippen LogP contribution in [0.3, 0.4) is 0 Å². The lowest BCUT2D eigenvalue weighted by molar-refractivity contribution is 0.0601. The van der Waals surface area contributed by atoms with Crippen molar-refractivity contribution in [3.8, 4) is 0 Å². The zero-order valence-electron chi connectivity index (χ0n) is 13.7. The first-order chi connectivity index (χ1) is 9.41. The van der Waals surface area contributed by atoms with Crippen molar-refractivity contribution in [3.05, 3.63) is 22.8 Å². The molecule has 6 heteroatoms. The van der Waals surface area contributed by atoms with Crippen molar-refractivity contribution in [2.75, 3.05) is 18.8 Å². The molecule has 21 heavy (non-hydrogen) atoms. The fourth-order valence-corrected chi connectivity index (χ4v) is 4.49. The summed E-state index contributed by atoms with van der Waals surface area (Å²) in [6.07, 6.45) is 0. The predicted octanol–water partition coefficient (Wildman–Crippen LogP) is 1.98. The average Bonchev–Trinajstić information content (AvgIpc) is 2.32. The summed E-state index contributed by atoms with van der Waals surface area (Å²) >= 11 is 0. The third-order valence-electron chi connectivity index (χ3n) is 3.59. The van der Waals surface area contributed by atoms with E-state index in [1.54, 1.807) is 40.7 Å². The van der Waals surface area contributed by atoms with Crippen molar-refractivity contribution >= 4 is 15.7 Å². The van der Waals surface area contributed by atoms with E-state index in [2.05, 4.69) is 0 Å². The van der Waals surface area contributed by atoms with E-state index in [1.165, 1.54) is 4.31 Å². The lowest BCUT2D eigenvalue weighted by atomic mass is 10.1. The number of sulfonamides is 1. The number of aliphatic hydroxyl groups is 1. The first kappa shape index (κ1) is 17.9. The highest BCUT2D eigenvalue weighted by Crippen LogP contribution is 2.30. The van der Waals surface area contributed by atoms with E-state index in [1.807, 2.05) is 6.92 Å². The summed E-state index contributed by atoms with van der Waals surface area (Å²) in [5.74, 6) is 0. The van der Waals surface area contributed by atoms with Crippen LogP contribution in [0, 0.1) is 20.8 Å². The second kappa shape index (κ2) is 5.94. The molecule has 0 amide bonds. The van der Waals surface area contributed by atoms with Crippen LogP contribution in [0.2, 0.25) is 0 Å². The number of hydrogen-bond acceptors (Lipinski definition) is 4. The summed E-state index contributed by atoms with van der Waals surface area (Å²) in [4.78, 5) is 0.256. The largest absolute Gasteiger partial charge is 0.398 e. The highest BCUT2D eigenvalue weighted by Gasteiger charge is 2.31. The Morgan fingerprint density at radius 1 is 1.24 bits per heavy atom. The van der Waals surface area contributed by atoms with Crippen molar-refractivity contribution in [3.63, 3.8) is 0 Å². The molecule has 0 unspecified atom stereocenters. The Morgan fingerprint density at radius 2 is 1.76 bits per heavy atom. The molecule has 0 spiro atoms. The molecular weight excluding hydrogens is 288 g/mol. The van der Waals surface area contributed by atoms with Crippen LogP contribution >= 0.6 is 0 Å². The van der Waals surface area contributed by atoms with Crippen molar-refractivity contribution in [1.82, 2.24) is 4.31 Å². The van der Waals surface area contributed by atoms with Gasteiger partial charge in [-0.2, -0.15) is 4.31 Å². The number of likely N-dealkylation sites (N-methyl/N-ethyl adjacent to an activating group) is 1. The molecule has 0 bridgehead atoms. The standard InChI is InChI=1S/C15H26N2O3S/c1-7-17(9-15(5,6)18)21(19,20)14-11(3)10(2)8-13(16)12(14)4/h8,18H,7,9,16H2,1-6H3. The maximum absolute atomic E-state index is 12.9. The number of nitrogens with two attached hydrogens (primary N) is 1. The van der Waals surface area contributed by atoms with Gasteiger partial charge >= 0.3 is 0 Å². The molecule has 5 nitrogen and oxygen atoms in total. The molecule has 0 saturated heterocycles. The van der Waals surface area contributed by atoms with Gasteiger partial charge in [-0.1, -0.05) is 6.92 Å². The topological polar surface area (TPSA) is 83.6 Å². The maximum Gasteiger partial charge on any atom is 0.243 e. The Hall–Kier alpha value is -1.11. The molecule has 0 atom stereocenters. The van der Waals surface area contributed by atoms with Crippen LogP contribution in [0.25, 0.3) is 0 Å². The van der Waals surface area contributed by atoms with Gasteiger partial charge in [0.05, 0.1) is 10.5 Å². The number of nitrogens with zero attached hydrogens (tertiary/aromatic N) is 1. The first-order valence-corrected chi connectivity index (χ1v) is 8.44. The van der Waals surface area contributed by atoms with Crippen molar-refractivity contribution in [2.45, 2.75) is 52.0 Å². The highest BCUT2D eigenvalue weighted by atomic mass is 32.2. The molecule has 0 aliphatic carbocycles. The molecule has 120 valence electrons. The Balaban J connectivity index is 3.50. The lowest BCUT2D eigenvalue weighted by Crippen LogP contribution is -2.42. The number of aryl methyl sites for hydroxylation is 1. The number of rotatable bonds is 5. The van der Waals surface area contributed by atoms with Gasteiger partial charge < -0.3 is 10.8 Å². The van der Waals surface area contributed by atoms with E-state index in [9.17, 15) is 13.5 Å². The molecule has 3 N–H and O–H groups in total. The van der Waals surface area contributed by atoms with Crippen LogP contribution in [0.5, 0.6) is 0 Å². The quantitative estimate of drug-likeness (QED) is 0.814. The molecule has 1 aromatic rings. The smallest absolute Gasteiger partial charge is 0.243 e. The fourth-order valence-electron chi connectivity index (χ4n) is 2.36. The number of anilines is 1. The monoisotopic (exact) mass is 314 g/mol. The van der Waals surface area contributed by atoms with Crippen LogP contribution in [0.1, 0.15) is 37.5 Å². The van der Waals surface area contributed by atoms with E-state index in [0.717, 1.165) is 5.56 Å². The summed E-state index contributed by atoms with van der Waals surface area (Å²) in [7, 11) is -3.70. The SMILES string of the molecule is CCN(CC(C)(C)O)S(=O)(=O)c1c(C)c(C)cc(N)c1C. The molecule has 0 aliphatic rings. The number of hydrogen-bond donors (Lipinski definition) is 2. The Kier molecular flexibility index (Phi) is 5.08. The second-order valence-corrected chi connectivity index (χ2v) is 7.98. The molecule has 0 aromatic heterocycles. The number of nitrogen functional groups attached to an aromatic ring is 1. The lowest BCUT2D eigenvalue weighted by Gasteiger charge is -2.29. The van der Waals surface area contributed by atoms with E-state index in [4.69, 9.17) is 5.73 Å². The Bertz CT molecular complexity index is 605. The Labute approximate surface area is 127 Å². The van der Waals surface area contributed by atoms with Crippen molar-refractivity contribution < 1.29 is 13.5 Å². The van der Waals surface area contributed by atoms with E-state index in [0.29, 0.717) is 23.4 Å². The predicted molar refractivity (Wildman–Crippen MR) is 85.8 cm³/mol. The van der Waals surface area contributed by atoms with Crippen LogP contribution in [-0.2, 0) is 10.0 Å². The van der Waals surface area contributed by atoms with E-state index >= 15 is 0 Å². The van der Waals surface area contributed by atoms with Gasteiger partial charge in [0, 0.05) is 18.8 Å². The van der Waals surface area contributed by atoms with Crippen molar-refractivity contribution in [2.24, 2.45) is 0 Å². The average molecular weight is 314 g/mol. The maximum atomic E-state index is 12.9. The summed E-state index contributed by atoms with van der Waals surface area (Å²) in [5.41, 5.74) is 7.41. The third-order valence-corrected chi connectivity index (χ3v) is 5.79. The fraction of sp³-hybridized carbons (Fsp3) is 0.600. The minimum absolute atomic E-state index is 0.0402. The molecular formula is C15H26N2O3S.